The van der Waals surface area contributed by atoms with E-state index < -0.39 is 10.0 Å². The number of hydrogen-bond acceptors (Lipinski definition) is 2. The van der Waals surface area contributed by atoms with Crippen LogP contribution >= 0.6 is 11.6 Å². The molecule has 16 heavy (non-hydrogen) atoms. The quantitative estimate of drug-likeness (QED) is 0.752. The van der Waals surface area contributed by atoms with Gasteiger partial charge in [0, 0.05) is 11.9 Å². The van der Waals surface area contributed by atoms with Crippen LogP contribution in [0.5, 0.6) is 0 Å². The van der Waals surface area contributed by atoms with Crippen LogP contribution in [0.15, 0.2) is 0 Å². The zero-order valence-electron chi connectivity index (χ0n) is 10.1. The van der Waals surface area contributed by atoms with E-state index in [-0.39, 0.29) is 11.3 Å². The third kappa shape index (κ3) is 4.22. The molecule has 0 heterocycles. The Labute approximate surface area is 104 Å². The first-order chi connectivity index (χ1) is 7.45. The molecule has 0 saturated heterocycles. The molecule has 1 N–H and O–H groups in total. The zero-order valence-corrected chi connectivity index (χ0v) is 11.6. The Hall–Kier alpha value is 0.200. The van der Waals surface area contributed by atoms with E-state index in [0.29, 0.717) is 11.8 Å². The Morgan fingerprint density at radius 1 is 1.31 bits per heavy atom. The number of halogens is 1. The monoisotopic (exact) mass is 267 g/mol. The number of hydrogen-bond donors (Lipinski definition) is 1. The lowest BCUT2D eigenvalue weighted by molar-refractivity contribution is 0.480. The van der Waals surface area contributed by atoms with E-state index in [4.69, 9.17) is 11.6 Å². The minimum absolute atomic E-state index is 0.118. The van der Waals surface area contributed by atoms with E-state index in [1.54, 1.807) is 0 Å². The van der Waals surface area contributed by atoms with Crippen molar-refractivity contribution in [1.29, 1.82) is 0 Å². The lowest BCUT2D eigenvalue weighted by atomic mass is 10.1. The Kier molecular flexibility index (Phi) is 5.54. The van der Waals surface area contributed by atoms with Crippen molar-refractivity contribution in [3.8, 4) is 0 Å². The second-order valence-electron chi connectivity index (χ2n) is 5.05. The summed E-state index contributed by atoms with van der Waals surface area (Å²) in [6, 6.07) is -0.118. The molecule has 1 atom stereocenters. The molecule has 1 aliphatic rings. The normalized spacial score (nSPS) is 20.5. The standard InChI is InChI=1S/C11H22ClNO2S/c1-9(2)7-10(8-12)13-16(14,15)11-5-3-4-6-11/h9-11,13H,3-8H2,1-2H3. The number of sulfonamides is 1. The van der Waals surface area contributed by atoms with E-state index in [9.17, 15) is 8.42 Å². The highest BCUT2D eigenvalue weighted by Crippen LogP contribution is 2.24. The molecule has 0 aromatic carbocycles. The van der Waals surface area contributed by atoms with Gasteiger partial charge < -0.3 is 0 Å². The first kappa shape index (κ1) is 14.3. The predicted molar refractivity (Wildman–Crippen MR) is 68.3 cm³/mol. The lowest BCUT2D eigenvalue weighted by Gasteiger charge is -2.20. The Morgan fingerprint density at radius 2 is 1.88 bits per heavy atom. The predicted octanol–water partition coefficient (Wildman–Crippen LogP) is 2.50. The third-order valence-electron chi connectivity index (χ3n) is 3.01. The van der Waals surface area contributed by atoms with Crippen molar-refractivity contribution in [3.63, 3.8) is 0 Å². The van der Waals surface area contributed by atoms with Gasteiger partial charge >= 0.3 is 0 Å². The van der Waals surface area contributed by atoms with Crippen LogP contribution < -0.4 is 4.72 Å². The van der Waals surface area contributed by atoms with Gasteiger partial charge in [-0.15, -0.1) is 11.6 Å². The molecule has 0 amide bonds. The van der Waals surface area contributed by atoms with Gasteiger partial charge in [-0.05, 0) is 25.2 Å². The molecule has 0 radical (unpaired) electrons. The maximum Gasteiger partial charge on any atom is 0.214 e. The maximum atomic E-state index is 12.0. The smallest absolute Gasteiger partial charge is 0.212 e. The topological polar surface area (TPSA) is 46.2 Å². The van der Waals surface area contributed by atoms with Gasteiger partial charge in [-0.3, -0.25) is 0 Å². The lowest BCUT2D eigenvalue weighted by Crippen LogP contribution is -2.41. The summed E-state index contributed by atoms with van der Waals surface area (Å²) in [4.78, 5) is 0. The molecule has 0 spiro atoms. The molecule has 1 aliphatic carbocycles. The molecule has 0 aliphatic heterocycles. The van der Waals surface area contributed by atoms with Crippen molar-refractivity contribution < 1.29 is 8.42 Å². The molecule has 1 fully saturated rings. The Morgan fingerprint density at radius 3 is 2.31 bits per heavy atom. The minimum atomic E-state index is -3.15. The summed E-state index contributed by atoms with van der Waals surface area (Å²) in [5.74, 6) is 0.805. The van der Waals surface area contributed by atoms with Crippen molar-refractivity contribution >= 4 is 21.6 Å². The van der Waals surface area contributed by atoms with Crippen molar-refractivity contribution in [2.75, 3.05) is 5.88 Å². The second kappa shape index (κ2) is 6.22. The highest BCUT2D eigenvalue weighted by Gasteiger charge is 2.30. The molecule has 0 aromatic rings. The molecule has 0 bridgehead atoms. The van der Waals surface area contributed by atoms with Crippen LogP contribution in [0, 0.1) is 5.92 Å². The van der Waals surface area contributed by atoms with Gasteiger partial charge in [-0.1, -0.05) is 26.7 Å². The largest absolute Gasteiger partial charge is 0.214 e. The van der Waals surface area contributed by atoms with E-state index in [2.05, 4.69) is 18.6 Å². The van der Waals surface area contributed by atoms with Gasteiger partial charge in [0.25, 0.3) is 0 Å². The minimum Gasteiger partial charge on any atom is -0.212 e. The molecule has 0 aromatic heterocycles. The second-order valence-corrected chi connectivity index (χ2v) is 7.35. The van der Waals surface area contributed by atoms with Crippen LogP contribution in [0.3, 0.4) is 0 Å². The van der Waals surface area contributed by atoms with E-state index in [1.807, 2.05) is 0 Å². The Bertz CT molecular complexity index is 297. The first-order valence-corrected chi connectivity index (χ1v) is 8.11. The van der Waals surface area contributed by atoms with E-state index >= 15 is 0 Å². The van der Waals surface area contributed by atoms with Crippen molar-refractivity contribution in [3.05, 3.63) is 0 Å². The number of rotatable bonds is 6. The summed E-state index contributed by atoms with van der Waals surface area (Å²) in [7, 11) is -3.15. The van der Waals surface area contributed by atoms with Gasteiger partial charge in [-0.2, -0.15) is 0 Å². The van der Waals surface area contributed by atoms with E-state index in [1.165, 1.54) is 0 Å². The summed E-state index contributed by atoms with van der Waals surface area (Å²) in [5, 5.41) is -0.189. The Balaban J connectivity index is 2.55. The number of nitrogens with one attached hydrogen (secondary N) is 1. The van der Waals surface area contributed by atoms with Crippen LogP contribution in [0.25, 0.3) is 0 Å². The fraction of sp³-hybridized carbons (Fsp3) is 1.00. The molecule has 3 nitrogen and oxygen atoms in total. The average molecular weight is 268 g/mol. The van der Waals surface area contributed by atoms with Crippen LogP contribution in [-0.4, -0.2) is 25.6 Å². The van der Waals surface area contributed by atoms with Crippen LogP contribution in [-0.2, 0) is 10.0 Å². The summed E-state index contributed by atoms with van der Waals surface area (Å²) in [5.41, 5.74) is 0. The molecule has 1 rings (SSSR count). The molecule has 5 heteroatoms. The molecular formula is C11H22ClNO2S. The number of alkyl halides is 1. The van der Waals surface area contributed by atoms with Crippen molar-refractivity contribution in [2.45, 2.75) is 57.2 Å². The van der Waals surface area contributed by atoms with E-state index in [0.717, 1.165) is 32.1 Å². The van der Waals surface area contributed by atoms with Gasteiger partial charge in [0.15, 0.2) is 0 Å². The van der Waals surface area contributed by atoms with Crippen LogP contribution in [0.2, 0.25) is 0 Å². The zero-order chi connectivity index (χ0) is 12.2. The van der Waals surface area contributed by atoms with Crippen LogP contribution in [0.4, 0.5) is 0 Å². The summed E-state index contributed by atoms with van der Waals surface area (Å²) in [6.45, 7) is 4.15. The van der Waals surface area contributed by atoms with Gasteiger partial charge in [-0.25, -0.2) is 13.1 Å². The van der Waals surface area contributed by atoms with Crippen LogP contribution in [0.1, 0.15) is 46.0 Å². The SMILES string of the molecule is CC(C)CC(CCl)NS(=O)(=O)C1CCCC1. The highest BCUT2D eigenvalue weighted by atomic mass is 35.5. The maximum absolute atomic E-state index is 12.0. The molecule has 1 unspecified atom stereocenters. The fourth-order valence-electron chi connectivity index (χ4n) is 2.24. The fourth-order valence-corrected chi connectivity index (χ4v) is 4.32. The first-order valence-electron chi connectivity index (χ1n) is 6.03. The van der Waals surface area contributed by atoms with Gasteiger partial charge in [0.1, 0.15) is 0 Å². The molecule has 96 valence electrons. The highest BCUT2D eigenvalue weighted by molar-refractivity contribution is 7.90. The van der Waals surface area contributed by atoms with Gasteiger partial charge in [0.05, 0.1) is 5.25 Å². The average Bonchev–Trinajstić information content (AvgIpc) is 2.68. The summed E-state index contributed by atoms with van der Waals surface area (Å²) < 4.78 is 26.8. The van der Waals surface area contributed by atoms with Crippen molar-refractivity contribution in [1.82, 2.24) is 4.72 Å². The molecular weight excluding hydrogens is 246 g/mol. The molecule has 1 saturated carbocycles. The summed E-state index contributed by atoms with van der Waals surface area (Å²) in [6.07, 6.45) is 4.45. The third-order valence-corrected chi connectivity index (χ3v) is 5.40. The van der Waals surface area contributed by atoms with Crippen molar-refractivity contribution in [2.24, 2.45) is 5.92 Å². The van der Waals surface area contributed by atoms with Gasteiger partial charge in [0.2, 0.25) is 10.0 Å². The summed E-state index contributed by atoms with van der Waals surface area (Å²) >= 11 is 5.80.